The standard InChI is InChI=1S/C17H28N2O2/c1-6-19(13(4)5)10-9-18-17(21)15-8-7-14(12(2)3)11-16(15)20/h7-8,11-13,20H,6,9-10H2,1-5H3,(H,18,21). The molecule has 0 spiro atoms. The Morgan fingerprint density at radius 3 is 2.43 bits per heavy atom. The molecule has 0 bridgehead atoms. The SMILES string of the molecule is CCN(CCNC(=O)c1ccc(C(C)C)cc1O)C(C)C. The molecular formula is C17H28N2O2. The number of nitrogens with one attached hydrogen (secondary N) is 1. The second-order valence-electron chi connectivity index (χ2n) is 5.91. The van der Waals surface area contributed by atoms with Crippen LogP contribution in [0.2, 0.25) is 0 Å². The minimum absolute atomic E-state index is 0.0508. The molecule has 1 amide bonds. The maximum atomic E-state index is 12.1. The van der Waals surface area contributed by atoms with E-state index in [1.807, 2.05) is 6.07 Å². The number of aromatic hydroxyl groups is 1. The summed E-state index contributed by atoms with van der Waals surface area (Å²) in [5.74, 6) is 0.162. The number of amides is 1. The van der Waals surface area contributed by atoms with Crippen LogP contribution in [0.3, 0.4) is 0 Å². The second kappa shape index (κ2) is 8.03. The fraction of sp³-hybridized carbons (Fsp3) is 0.588. The van der Waals surface area contributed by atoms with Crippen LogP contribution < -0.4 is 5.32 Å². The summed E-state index contributed by atoms with van der Waals surface area (Å²) >= 11 is 0. The van der Waals surface area contributed by atoms with Crippen LogP contribution in [-0.4, -0.2) is 41.6 Å². The van der Waals surface area contributed by atoms with Crippen molar-refractivity contribution >= 4 is 5.91 Å². The highest BCUT2D eigenvalue weighted by Gasteiger charge is 2.13. The quantitative estimate of drug-likeness (QED) is 0.812. The van der Waals surface area contributed by atoms with Crippen LogP contribution in [0.15, 0.2) is 18.2 Å². The Morgan fingerprint density at radius 2 is 1.95 bits per heavy atom. The Morgan fingerprint density at radius 1 is 1.29 bits per heavy atom. The number of hydrogen-bond donors (Lipinski definition) is 2. The molecule has 118 valence electrons. The van der Waals surface area contributed by atoms with Gasteiger partial charge in [0.25, 0.3) is 5.91 Å². The summed E-state index contributed by atoms with van der Waals surface area (Å²) in [6.45, 7) is 12.9. The Bertz CT molecular complexity index is 470. The summed E-state index contributed by atoms with van der Waals surface area (Å²) in [5, 5.41) is 12.8. The number of carbonyl (C=O) groups excluding carboxylic acids is 1. The highest BCUT2D eigenvalue weighted by molar-refractivity contribution is 5.96. The first-order valence-electron chi connectivity index (χ1n) is 7.72. The summed E-state index contributed by atoms with van der Waals surface area (Å²) in [6.07, 6.45) is 0. The Balaban J connectivity index is 2.60. The predicted molar refractivity (Wildman–Crippen MR) is 86.9 cm³/mol. The monoisotopic (exact) mass is 292 g/mol. The average Bonchev–Trinajstić information content (AvgIpc) is 2.42. The van der Waals surface area contributed by atoms with Crippen molar-refractivity contribution in [1.82, 2.24) is 10.2 Å². The van der Waals surface area contributed by atoms with Gasteiger partial charge in [0, 0.05) is 19.1 Å². The number of carbonyl (C=O) groups is 1. The first kappa shape index (κ1) is 17.5. The molecule has 4 heteroatoms. The molecule has 0 saturated carbocycles. The molecule has 0 aliphatic carbocycles. The van der Waals surface area contributed by atoms with Crippen LogP contribution in [0, 0.1) is 0 Å². The molecular weight excluding hydrogens is 264 g/mol. The van der Waals surface area contributed by atoms with E-state index in [1.54, 1.807) is 12.1 Å². The molecule has 1 rings (SSSR count). The van der Waals surface area contributed by atoms with Crippen LogP contribution in [0.1, 0.15) is 56.5 Å². The van der Waals surface area contributed by atoms with Crippen molar-refractivity contribution in [2.24, 2.45) is 0 Å². The Hall–Kier alpha value is -1.55. The van der Waals surface area contributed by atoms with Crippen molar-refractivity contribution in [3.8, 4) is 5.75 Å². The van der Waals surface area contributed by atoms with Crippen LogP contribution in [0.4, 0.5) is 0 Å². The minimum Gasteiger partial charge on any atom is -0.507 e. The molecule has 0 aliphatic heterocycles. The largest absolute Gasteiger partial charge is 0.507 e. The highest BCUT2D eigenvalue weighted by Crippen LogP contribution is 2.23. The first-order chi connectivity index (χ1) is 9.86. The summed E-state index contributed by atoms with van der Waals surface area (Å²) in [5.41, 5.74) is 1.37. The third-order valence-electron chi connectivity index (χ3n) is 3.75. The van der Waals surface area contributed by atoms with E-state index in [9.17, 15) is 9.90 Å². The zero-order chi connectivity index (χ0) is 16.0. The number of hydrogen-bond acceptors (Lipinski definition) is 3. The van der Waals surface area contributed by atoms with Gasteiger partial charge in [-0.1, -0.05) is 26.8 Å². The number of benzene rings is 1. The molecule has 1 aromatic rings. The van der Waals surface area contributed by atoms with Crippen LogP contribution in [-0.2, 0) is 0 Å². The lowest BCUT2D eigenvalue weighted by atomic mass is 10.0. The van der Waals surface area contributed by atoms with Crippen molar-refractivity contribution in [3.05, 3.63) is 29.3 Å². The van der Waals surface area contributed by atoms with Crippen molar-refractivity contribution in [3.63, 3.8) is 0 Å². The van der Waals surface area contributed by atoms with Crippen molar-refractivity contribution < 1.29 is 9.90 Å². The van der Waals surface area contributed by atoms with Gasteiger partial charge < -0.3 is 10.4 Å². The molecule has 1 aromatic carbocycles. The molecule has 0 saturated heterocycles. The summed E-state index contributed by atoms with van der Waals surface area (Å²) in [6, 6.07) is 5.73. The summed E-state index contributed by atoms with van der Waals surface area (Å²) < 4.78 is 0. The first-order valence-corrected chi connectivity index (χ1v) is 7.72. The van der Waals surface area contributed by atoms with E-state index in [1.165, 1.54) is 0 Å². The van der Waals surface area contributed by atoms with Crippen molar-refractivity contribution in [2.75, 3.05) is 19.6 Å². The molecule has 21 heavy (non-hydrogen) atoms. The van der Waals surface area contributed by atoms with Gasteiger partial charge in [0.2, 0.25) is 0 Å². The van der Waals surface area contributed by atoms with Gasteiger partial charge in [-0.15, -0.1) is 0 Å². The topological polar surface area (TPSA) is 52.6 Å². The van der Waals surface area contributed by atoms with Crippen molar-refractivity contribution in [2.45, 2.75) is 46.6 Å². The fourth-order valence-corrected chi connectivity index (χ4v) is 2.29. The third kappa shape index (κ3) is 5.05. The van der Waals surface area contributed by atoms with Crippen LogP contribution in [0.25, 0.3) is 0 Å². The maximum Gasteiger partial charge on any atom is 0.255 e. The van der Waals surface area contributed by atoms with E-state index in [-0.39, 0.29) is 11.7 Å². The highest BCUT2D eigenvalue weighted by atomic mass is 16.3. The van der Waals surface area contributed by atoms with Crippen LogP contribution in [0.5, 0.6) is 5.75 Å². The van der Waals surface area contributed by atoms with Gasteiger partial charge in [-0.2, -0.15) is 0 Å². The van der Waals surface area contributed by atoms with E-state index < -0.39 is 0 Å². The van der Waals surface area contributed by atoms with Crippen molar-refractivity contribution in [1.29, 1.82) is 0 Å². The molecule has 0 fully saturated rings. The molecule has 0 heterocycles. The maximum absolute atomic E-state index is 12.1. The minimum atomic E-state index is -0.220. The van der Waals surface area contributed by atoms with Gasteiger partial charge in [0.15, 0.2) is 0 Å². The molecule has 2 N–H and O–H groups in total. The molecule has 0 atom stereocenters. The number of rotatable bonds is 7. The van der Waals surface area contributed by atoms with Gasteiger partial charge >= 0.3 is 0 Å². The number of nitrogens with zero attached hydrogens (tertiary/aromatic N) is 1. The van der Waals surface area contributed by atoms with Gasteiger partial charge in [-0.25, -0.2) is 0 Å². The molecule has 0 aromatic heterocycles. The normalized spacial score (nSPS) is 11.4. The van der Waals surface area contributed by atoms with E-state index in [0.717, 1.165) is 18.7 Å². The van der Waals surface area contributed by atoms with E-state index in [2.05, 4.69) is 44.8 Å². The molecule has 0 aliphatic rings. The van der Waals surface area contributed by atoms with E-state index >= 15 is 0 Å². The van der Waals surface area contributed by atoms with Gasteiger partial charge in [-0.05, 0) is 44.0 Å². The fourth-order valence-electron chi connectivity index (χ4n) is 2.29. The number of phenolic OH excluding ortho intramolecular Hbond substituents is 1. The zero-order valence-corrected chi connectivity index (χ0v) is 13.8. The summed E-state index contributed by atoms with van der Waals surface area (Å²) in [7, 11) is 0. The van der Waals surface area contributed by atoms with Crippen LogP contribution >= 0.6 is 0 Å². The molecule has 0 unspecified atom stereocenters. The smallest absolute Gasteiger partial charge is 0.255 e. The Kier molecular flexibility index (Phi) is 6.69. The third-order valence-corrected chi connectivity index (χ3v) is 3.75. The zero-order valence-electron chi connectivity index (χ0n) is 13.8. The van der Waals surface area contributed by atoms with Gasteiger partial charge in [0.05, 0.1) is 5.56 Å². The lowest BCUT2D eigenvalue weighted by Gasteiger charge is -2.24. The van der Waals surface area contributed by atoms with E-state index in [0.29, 0.717) is 24.1 Å². The average molecular weight is 292 g/mol. The lowest BCUT2D eigenvalue weighted by molar-refractivity contribution is 0.0943. The number of phenols is 1. The van der Waals surface area contributed by atoms with E-state index in [4.69, 9.17) is 0 Å². The Labute approximate surface area is 128 Å². The van der Waals surface area contributed by atoms with Gasteiger partial charge in [-0.3, -0.25) is 9.69 Å². The predicted octanol–water partition coefficient (Wildman–Crippen LogP) is 2.98. The molecule has 4 nitrogen and oxygen atoms in total. The number of likely N-dealkylation sites (N-methyl/N-ethyl adjacent to an activating group) is 1. The second-order valence-corrected chi connectivity index (χ2v) is 5.91. The molecule has 0 radical (unpaired) electrons. The van der Waals surface area contributed by atoms with Gasteiger partial charge in [0.1, 0.15) is 5.75 Å². The summed E-state index contributed by atoms with van der Waals surface area (Å²) in [4.78, 5) is 14.4. The lowest BCUT2D eigenvalue weighted by Crippen LogP contribution is -2.38.